The lowest BCUT2D eigenvalue weighted by Gasteiger charge is -2.07. The van der Waals surface area contributed by atoms with Gasteiger partial charge in [-0.05, 0) is 0 Å². The van der Waals surface area contributed by atoms with Gasteiger partial charge in [-0.2, -0.15) is 0 Å². The van der Waals surface area contributed by atoms with Crippen LogP contribution in [0.5, 0.6) is 0 Å². The molecule has 0 bridgehead atoms. The third-order valence-corrected chi connectivity index (χ3v) is 2.49. The van der Waals surface area contributed by atoms with Crippen LogP contribution in [-0.4, -0.2) is 11.6 Å². The monoisotopic (exact) mass is 204 g/mol. The van der Waals surface area contributed by atoms with Gasteiger partial charge in [0.25, 0.3) is 0 Å². The first kappa shape index (κ1) is 11.6. The minimum absolute atomic E-state index is 0.0462. The van der Waals surface area contributed by atoms with Crippen LogP contribution in [0.3, 0.4) is 0 Å². The minimum Gasteiger partial charge on any atom is -0.299 e. The van der Waals surface area contributed by atoms with Crippen molar-refractivity contribution in [2.45, 2.75) is 26.7 Å². The van der Waals surface area contributed by atoms with E-state index in [1.54, 1.807) is 12.1 Å². The van der Waals surface area contributed by atoms with Crippen molar-refractivity contribution in [3.05, 3.63) is 35.9 Å². The highest BCUT2D eigenvalue weighted by atomic mass is 16.1. The second-order valence-electron chi connectivity index (χ2n) is 3.71. The van der Waals surface area contributed by atoms with Crippen LogP contribution in [0.4, 0.5) is 0 Å². The fraction of sp³-hybridized carbons (Fsp3) is 0.385. The van der Waals surface area contributed by atoms with Gasteiger partial charge < -0.3 is 0 Å². The van der Waals surface area contributed by atoms with Gasteiger partial charge in [0, 0.05) is 24.3 Å². The predicted molar refractivity (Wildman–Crippen MR) is 59.9 cm³/mol. The van der Waals surface area contributed by atoms with E-state index in [2.05, 4.69) is 0 Å². The maximum atomic E-state index is 11.7. The molecule has 2 nitrogen and oxygen atoms in total. The maximum absolute atomic E-state index is 11.7. The number of hydrogen-bond acceptors (Lipinski definition) is 2. The van der Waals surface area contributed by atoms with Crippen LogP contribution >= 0.6 is 0 Å². The fourth-order valence-corrected chi connectivity index (χ4v) is 1.48. The lowest BCUT2D eigenvalue weighted by atomic mass is 9.95. The maximum Gasteiger partial charge on any atom is 0.163 e. The van der Waals surface area contributed by atoms with Gasteiger partial charge >= 0.3 is 0 Å². The van der Waals surface area contributed by atoms with E-state index in [4.69, 9.17) is 0 Å². The standard InChI is InChI=1S/C13H16O2/c1-3-12(14)10(2)9-13(15)11-7-5-4-6-8-11/h4-8,10H,3,9H2,1-2H3/t10-/m1/s1. The van der Waals surface area contributed by atoms with Crippen LogP contribution in [0.1, 0.15) is 37.0 Å². The summed E-state index contributed by atoms with van der Waals surface area (Å²) in [6, 6.07) is 9.10. The van der Waals surface area contributed by atoms with Crippen molar-refractivity contribution in [2.24, 2.45) is 5.92 Å². The van der Waals surface area contributed by atoms with Crippen molar-refractivity contribution in [3.8, 4) is 0 Å². The smallest absolute Gasteiger partial charge is 0.163 e. The normalized spacial score (nSPS) is 12.1. The molecule has 0 radical (unpaired) electrons. The lowest BCUT2D eigenvalue weighted by molar-refractivity contribution is -0.122. The number of Topliss-reactive ketones (excluding diaryl/α,β-unsaturated/α-hetero) is 2. The molecule has 1 aromatic carbocycles. The Kier molecular flexibility index (Phi) is 4.22. The van der Waals surface area contributed by atoms with E-state index >= 15 is 0 Å². The molecule has 1 rings (SSSR count). The van der Waals surface area contributed by atoms with Crippen LogP contribution < -0.4 is 0 Å². The molecule has 0 spiro atoms. The van der Waals surface area contributed by atoms with Crippen LogP contribution in [0.25, 0.3) is 0 Å². The number of hydrogen-bond donors (Lipinski definition) is 0. The van der Waals surface area contributed by atoms with Crippen molar-refractivity contribution in [2.75, 3.05) is 0 Å². The van der Waals surface area contributed by atoms with Crippen LogP contribution in [0, 0.1) is 5.92 Å². The molecule has 0 aliphatic heterocycles. The third-order valence-electron chi connectivity index (χ3n) is 2.49. The van der Waals surface area contributed by atoms with Gasteiger partial charge in [-0.25, -0.2) is 0 Å². The van der Waals surface area contributed by atoms with E-state index in [1.165, 1.54) is 0 Å². The second kappa shape index (κ2) is 5.44. The van der Waals surface area contributed by atoms with Gasteiger partial charge in [0.05, 0.1) is 0 Å². The number of ketones is 2. The molecule has 0 fully saturated rings. The lowest BCUT2D eigenvalue weighted by Crippen LogP contribution is -2.14. The SMILES string of the molecule is CCC(=O)[C@H](C)CC(=O)c1ccccc1. The molecule has 0 heterocycles. The largest absolute Gasteiger partial charge is 0.299 e. The molecule has 0 aliphatic carbocycles. The molecule has 0 N–H and O–H groups in total. The predicted octanol–water partition coefficient (Wildman–Crippen LogP) is 2.87. The van der Waals surface area contributed by atoms with Crippen molar-refractivity contribution in [3.63, 3.8) is 0 Å². The molecular formula is C13H16O2. The van der Waals surface area contributed by atoms with E-state index in [0.717, 1.165) is 0 Å². The number of carbonyl (C=O) groups excluding carboxylic acids is 2. The number of rotatable bonds is 5. The van der Waals surface area contributed by atoms with Gasteiger partial charge in [-0.1, -0.05) is 44.2 Å². The Bertz CT molecular complexity index is 341. The molecular weight excluding hydrogens is 188 g/mol. The summed E-state index contributed by atoms with van der Waals surface area (Å²) in [5.41, 5.74) is 0.688. The van der Waals surface area contributed by atoms with E-state index in [9.17, 15) is 9.59 Å². The summed E-state index contributed by atoms with van der Waals surface area (Å²) in [5.74, 6) is 0.0342. The molecule has 15 heavy (non-hydrogen) atoms. The highest BCUT2D eigenvalue weighted by Gasteiger charge is 2.15. The molecule has 0 saturated carbocycles. The van der Waals surface area contributed by atoms with Crippen molar-refractivity contribution < 1.29 is 9.59 Å². The molecule has 0 aliphatic rings. The van der Waals surface area contributed by atoms with E-state index in [1.807, 2.05) is 32.0 Å². The summed E-state index contributed by atoms with van der Waals surface area (Å²) in [4.78, 5) is 23.0. The Morgan fingerprint density at radius 3 is 2.33 bits per heavy atom. The second-order valence-corrected chi connectivity index (χ2v) is 3.71. The van der Waals surface area contributed by atoms with Crippen LogP contribution in [0.2, 0.25) is 0 Å². The van der Waals surface area contributed by atoms with Gasteiger partial charge in [0.1, 0.15) is 5.78 Å². The Labute approximate surface area is 90.3 Å². The number of carbonyl (C=O) groups is 2. The average molecular weight is 204 g/mol. The van der Waals surface area contributed by atoms with E-state index in [-0.39, 0.29) is 17.5 Å². The van der Waals surface area contributed by atoms with Crippen LogP contribution in [0.15, 0.2) is 30.3 Å². The zero-order valence-corrected chi connectivity index (χ0v) is 9.19. The fourth-order valence-electron chi connectivity index (χ4n) is 1.48. The first-order valence-electron chi connectivity index (χ1n) is 5.26. The molecule has 2 heteroatoms. The summed E-state index contributed by atoms with van der Waals surface area (Å²) in [6.07, 6.45) is 0.819. The van der Waals surface area contributed by atoms with Gasteiger partial charge in [0.2, 0.25) is 0 Å². The Morgan fingerprint density at radius 1 is 1.20 bits per heavy atom. The first-order chi connectivity index (χ1) is 7.15. The number of benzene rings is 1. The summed E-state index contributed by atoms with van der Waals surface area (Å²) in [6.45, 7) is 3.64. The molecule has 0 aromatic heterocycles. The molecule has 1 aromatic rings. The Balaban J connectivity index is 2.61. The average Bonchev–Trinajstić information content (AvgIpc) is 2.29. The van der Waals surface area contributed by atoms with Crippen molar-refractivity contribution >= 4 is 11.6 Å². The molecule has 1 atom stereocenters. The summed E-state index contributed by atoms with van der Waals surface area (Å²) in [5, 5.41) is 0. The summed E-state index contributed by atoms with van der Waals surface area (Å²) < 4.78 is 0. The quantitative estimate of drug-likeness (QED) is 0.691. The summed E-state index contributed by atoms with van der Waals surface area (Å²) in [7, 11) is 0. The Hall–Kier alpha value is -1.44. The van der Waals surface area contributed by atoms with Crippen molar-refractivity contribution in [1.82, 2.24) is 0 Å². The summed E-state index contributed by atoms with van der Waals surface area (Å²) >= 11 is 0. The highest BCUT2D eigenvalue weighted by molar-refractivity contribution is 5.98. The third kappa shape index (κ3) is 3.31. The van der Waals surface area contributed by atoms with E-state index < -0.39 is 0 Å². The molecule has 0 amide bonds. The first-order valence-corrected chi connectivity index (χ1v) is 5.26. The van der Waals surface area contributed by atoms with E-state index in [0.29, 0.717) is 18.4 Å². The van der Waals surface area contributed by atoms with Crippen molar-refractivity contribution in [1.29, 1.82) is 0 Å². The zero-order valence-electron chi connectivity index (χ0n) is 9.19. The van der Waals surface area contributed by atoms with Gasteiger partial charge in [-0.15, -0.1) is 0 Å². The van der Waals surface area contributed by atoms with Crippen LogP contribution in [-0.2, 0) is 4.79 Å². The molecule has 0 saturated heterocycles. The topological polar surface area (TPSA) is 34.1 Å². The molecule has 0 unspecified atom stereocenters. The minimum atomic E-state index is -0.164. The molecule has 80 valence electrons. The zero-order chi connectivity index (χ0) is 11.3. The van der Waals surface area contributed by atoms with Gasteiger partial charge in [-0.3, -0.25) is 9.59 Å². The van der Waals surface area contributed by atoms with Gasteiger partial charge in [0.15, 0.2) is 5.78 Å². The Morgan fingerprint density at radius 2 is 1.80 bits per heavy atom. The highest BCUT2D eigenvalue weighted by Crippen LogP contribution is 2.11.